The number of nitrogens with zero attached hydrogens (tertiary/aromatic N) is 4. The summed E-state index contributed by atoms with van der Waals surface area (Å²) in [7, 11) is 0. The van der Waals surface area contributed by atoms with Crippen molar-refractivity contribution in [3.8, 4) is 0 Å². The van der Waals surface area contributed by atoms with Crippen LogP contribution in [-0.2, 0) is 11.3 Å². The van der Waals surface area contributed by atoms with Crippen molar-refractivity contribution in [2.45, 2.75) is 25.9 Å². The second-order valence-corrected chi connectivity index (χ2v) is 5.76. The van der Waals surface area contributed by atoms with Gasteiger partial charge >= 0.3 is 5.97 Å². The van der Waals surface area contributed by atoms with Crippen LogP contribution in [0.1, 0.15) is 29.4 Å². The average Bonchev–Trinajstić information content (AvgIpc) is 3.14. The van der Waals surface area contributed by atoms with Crippen molar-refractivity contribution >= 4 is 11.9 Å². The molecule has 1 aromatic carbocycles. The lowest BCUT2D eigenvalue weighted by Gasteiger charge is -2.21. The number of amides is 1. The van der Waals surface area contributed by atoms with Crippen LogP contribution in [0.4, 0.5) is 0 Å². The molecule has 1 aromatic heterocycles. The minimum Gasteiger partial charge on any atom is -0.481 e. The van der Waals surface area contributed by atoms with Crippen LogP contribution in [0.3, 0.4) is 0 Å². The van der Waals surface area contributed by atoms with E-state index in [9.17, 15) is 9.59 Å². The molecule has 1 fully saturated rings. The van der Waals surface area contributed by atoms with E-state index in [1.165, 1.54) is 0 Å². The Balaban J connectivity index is 1.71. The molecule has 0 bridgehead atoms. The van der Waals surface area contributed by atoms with E-state index in [1.54, 1.807) is 22.7 Å². The first-order chi connectivity index (χ1) is 11.1. The van der Waals surface area contributed by atoms with Crippen molar-refractivity contribution in [2.75, 3.05) is 6.54 Å². The standard InChI is InChI=1S/C16H18N4O3/c1-11-13(16(22)23)7-8-20(11)15(21)14-10-19(18-17-14)9-12-5-3-2-4-6-12/h2-6,10-11,13H,7-9H2,1H3,(H,22,23). The van der Waals surface area contributed by atoms with Gasteiger partial charge in [0.2, 0.25) is 0 Å². The van der Waals surface area contributed by atoms with Gasteiger partial charge in [-0.05, 0) is 18.9 Å². The minimum atomic E-state index is -0.861. The number of carboxylic acids is 1. The summed E-state index contributed by atoms with van der Waals surface area (Å²) < 4.78 is 1.61. The summed E-state index contributed by atoms with van der Waals surface area (Å²) in [5.41, 5.74) is 1.32. The van der Waals surface area contributed by atoms with E-state index in [4.69, 9.17) is 5.11 Å². The first-order valence-corrected chi connectivity index (χ1v) is 7.54. The summed E-state index contributed by atoms with van der Waals surface area (Å²) >= 11 is 0. The highest BCUT2D eigenvalue weighted by Gasteiger charge is 2.39. The molecule has 23 heavy (non-hydrogen) atoms. The Morgan fingerprint density at radius 1 is 1.30 bits per heavy atom. The van der Waals surface area contributed by atoms with E-state index in [2.05, 4.69) is 10.3 Å². The summed E-state index contributed by atoms with van der Waals surface area (Å²) in [6.45, 7) is 2.73. The summed E-state index contributed by atoms with van der Waals surface area (Å²) in [5, 5.41) is 17.1. The van der Waals surface area contributed by atoms with Gasteiger partial charge in [-0.25, -0.2) is 4.68 Å². The van der Waals surface area contributed by atoms with Gasteiger partial charge < -0.3 is 10.0 Å². The average molecular weight is 314 g/mol. The van der Waals surface area contributed by atoms with E-state index in [-0.39, 0.29) is 17.6 Å². The van der Waals surface area contributed by atoms with Gasteiger partial charge in [0.15, 0.2) is 5.69 Å². The van der Waals surface area contributed by atoms with Crippen molar-refractivity contribution in [1.29, 1.82) is 0 Å². The highest BCUT2D eigenvalue weighted by atomic mass is 16.4. The fourth-order valence-electron chi connectivity index (χ4n) is 2.95. The maximum absolute atomic E-state index is 12.5. The number of hydrogen-bond donors (Lipinski definition) is 1. The van der Waals surface area contributed by atoms with Crippen molar-refractivity contribution in [3.05, 3.63) is 47.8 Å². The van der Waals surface area contributed by atoms with Gasteiger partial charge in [-0.3, -0.25) is 9.59 Å². The molecule has 1 aliphatic heterocycles. The Morgan fingerprint density at radius 3 is 2.70 bits per heavy atom. The van der Waals surface area contributed by atoms with Crippen LogP contribution in [0, 0.1) is 5.92 Å². The fraction of sp³-hybridized carbons (Fsp3) is 0.375. The normalized spacial score (nSPS) is 20.7. The zero-order valence-corrected chi connectivity index (χ0v) is 12.8. The molecule has 1 amide bonds. The number of hydrogen-bond acceptors (Lipinski definition) is 4. The molecule has 2 unspecified atom stereocenters. The number of carbonyl (C=O) groups excluding carboxylic acids is 1. The maximum Gasteiger partial charge on any atom is 0.308 e. The number of carboxylic acid groups (broad SMARTS) is 1. The third kappa shape index (κ3) is 3.08. The Hall–Kier alpha value is -2.70. The molecule has 2 heterocycles. The lowest BCUT2D eigenvalue weighted by molar-refractivity contribution is -0.142. The van der Waals surface area contributed by atoms with Crippen molar-refractivity contribution in [3.63, 3.8) is 0 Å². The zero-order chi connectivity index (χ0) is 16.4. The van der Waals surface area contributed by atoms with Crippen LogP contribution < -0.4 is 0 Å². The third-order valence-electron chi connectivity index (χ3n) is 4.28. The SMILES string of the molecule is CC1C(C(=O)O)CCN1C(=O)c1cn(Cc2ccccc2)nn1. The topological polar surface area (TPSA) is 88.3 Å². The lowest BCUT2D eigenvalue weighted by Crippen LogP contribution is -2.37. The molecule has 120 valence electrons. The first-order valence-electron chi connectivity index (χ1n) is 7.54. The number of aromatic nitrogens is 3. The summed E-state index contributed by atoms with van der Waals surface area (Å²) in [4.78, 5) is 25.2. The van der Waals surface area contributed by atoms with Crippen molar-refractivity contribution in [2.24, 2.45) is 5.92 Å². The number of rotatable bonds is 4. The monoisotopic (exact) mass is 314 g/mol. The molecule has 0 radical (unpaired) electrons. The molecule has 0 spiro atoms. The van der Waals surface area contributed by atoms with Gasteiger partial charge in [-0.1, -0.05) is 35.5 Å². The smallest absolute Gasteiger partial charge is 0.308 e. The number of carbonyl (C=O) groups is 2. The van der Waals surface area contributed by atoms with E-state index >= 15 is 0 Å². The highest BCUT2D eigenvalue weighted by molar-refractivity contribution is 5.93. The summed E-state index contributed by atoms with van der Waals surface area (Å²) in [6, 6.07) is 9.44. The molecule has 7 nitrogen and oxygen atoms in total. The van der Waals surface area contributed by atoms with E-state index in [0.717, 1.165) is 5.56 Å². The molecule has 1 N–H and O–H groups in total. The predicted octanol–water partition coefficient (Wildman–Crippen LogP) is 1.26. The second-order valence-electron chi connectivity index (χ2n) is 5.76. The van der Waals surface area contributed by atoms with Crippen molar-refractivity contribution in [1.82, 2.24) is 19.9 Å². The molecule has 7 heteroatoms. The van der Waals surface area contributed by atoms with Gasteiger partial charge in [-0.2, -0.15) is 0 Å². The first kappa shape index (κ1) is 15.2. The van der Waals surface area contributed by atoms with Crippen LogP contribution >= 0.6 is 0 Å². The van der Waals surface area contributed by atoms with E-state index in [0.29, 0.717) is 19.5 Å². The third-order valence-corrected chi connectivity index (χ3v) is 4.28. The van der Waals surface area contributed by atoms with Gasteiger partial charge in [0.05, 0.1) is 18.7 Å². The zero-order valence-electron chi connectivity index (χ0n) is 12.8. The lowest BCUT2D eigenvalue weighted by atomic mass is 10.0. The molecule has 2 aromatic rings. The Labute approximate surface area is 133 Å². The molecule has 3 rings (SSSR count). The number of aliphatic carboxylic acids is 1. The van der Waals surface area contributed by atoms with E-state index in [1.807, 2.05) is 30.3 Å². The molecule has 0 saturated carbocycles. The number of likely N-dealkylation sites (tertiary alicyclic amines) is 1. The molecular weight excluding hydrogens is 296 g/mol. The Kier molecular flexibility index (Phi) is 4.10. The quantitative estimate of drug-likeness (QED) is 0.918. The van der Waals surface area contributed by atoms with Gasteiger partial charge in [-0.15, -0.1) is 5.10 Å². The van der Waals surface area contributed by atoms with Crippen LogP contribution in [0.2, 0.25) is 0 Å². The minimum absolute atomic E-state index is 0.249. The molecule has 2 atom stereocenters. The maximum atomic E-state index is 12.5. The van der Waals surface area contributed by atoms with Crippen molar-refractivity contribution < 1.29 is 14.7 Å². The van der Waals surface area contributed by atoms with Crippen LogP contribution in [0.25, 0.3) is 0 Å². The molecular formula is C16H18N4O3. The fourth-order valence-corrected chi connectivity index (χ4v) is 2.95. The van der Waals surface area contributed by atoms with Gasteiger partial charge in [0.25, 0.3) is 5.91 Å². The van der Waals surface area contributed by atoms with Gasteiger partial charge in [0.1, 0.15) is 0 Å². The van der Waals surface area contributed by atoms with Crippen LogP contribution in [0.5, 0.6) is 0 Å². The van der Waals surface area contributed by atoms with Crippen LogP contribution in [0.15, 0.2) is 36.5 Å². The Bertz CT molecular complexity index is 713. The van der Waals surface area contributed by atoms with Crippen LogP contribution in [-0.4, -0.2) is 49.5 Å². The molecule has 1 aliphatic rings. The summed E-state index contributed by atoms with van der Waals surface area (Å²) in [6.07, 6.45) is 2.08. The second kappa shape index (κ2) is 6.20. The Morgan fingerprint density at radius 2 is 2.04 bits per heavy atom. The van der Waals surface area contributed by atoms with E-state index < -0.39 is 11.9 Å². The number of benzene rings is 1. The highest BCUT2D eigenvalue weighted by Crippen LogP contribution is 2.25. The largest absolute Gasteiger partial charge is 0.481 e. The summed E-state index contributed by atoms with van der Waals surface area (Å²) in [5.74, 6) is -1.64. The molecule has 1 saturated heterocycles. The molecule has 0 aliphatic carbocycles. The predicted molar refractivity (Wildman–Crippen MR) is 81.8 cm³/mol. The van der Waals surface area contributed by atoms with Gasteiger partial charge in [0, 0.05) is 12.6 Å².